The number of hydrogen-bond donors (Lipinski definition) is 0. The summed E-state index contributed by atoms with van der Waals surface area (Å²) in [5.41, 5.74) is 6.65. The number of nitrogens with zero attached hydrogens (tertiary/aromatic N) is 2. The van der Waals surface area contributed by atoms with E-state index in [0.29, 0.717) is 5.92 Å². The standard InChI is InChI=1S/C27H30N2/c1-28-26-13-9-8-12-23(26)16-19-27(28)25(22-10-6-5-7-11-22)20-21-14-17-24(18-15-21)29(2,3)4/h5-19,25H,20H2,1-4H3/q+2/t25-/m1/s1. The topological polar surface area (TPSA) is 3.88 Å². The second-order valence-electron chi connectivity index (χ2n) is 8.72. The molecule has 0 radical (unpaired) electrons. The summed E-state index contributed by atoms with van der Waals surface area (Å²) in [4.78, 5) is 0. The van der Waals surface area contributed by atoms with E-state index in [9.17, 15) is 0 Å². The zero-order valence-electron chi connectivity index (χ0n) is 17.8. The average Bonchev–Trinajstić information content (AvgIpc) is 2.73. The maximum Gasteiger partial charge on any atom is 0.212 e. The molecule has 1 aromatic heterocycles. The van der Waals surface area contributed by atoms with Gasteiger partial charge in [0, 0.05) is 17.5 Å². The average molecular weight is 383 g/mol. The Labute approximate surface area is 174 Å². The Morgan fingerprint density at radius 1 is 0.724 bits per heavy atom. The molecule has 0 N–H and O–H groups in total. The molecule has 146 valence electrons. The SMILES string of the molecule is C[n+]1c([C@H](Cc2ccc([N+](C)(C)C)cc2)c2ccccc2)ccc2ccccc21. The number of aromatic nitrogens is 1. The van der Waals surface area contributed by atoms with Gasteiger partial charge in [-0.1, -0.05) is 54.6 Å². The minimum absolute atomic E-state index is 0.306. The minimum Gasteiger partial charge on any atom is -0.298 e. The largest absolute Gasteiger partial charge is 0.298 e. The van der Waals surface area contributed by atoms with Crippen LogP contribution in [0.4, 0.5) is 5.69 Å². The van der Waals surface area contributed by atoms with E-state index in [1.54, 1.807) is 0 Å². The fraction of sp³-hybridized carbons (Fsp3) is 0.222. The van der Waals surface area contributed by atoms with Crippen molar-refractivity contribution in [1.82, 2.24) is 4.48 Å². The summed E-state index contributed by atoms with van der Waals surface area (Å²) in [6.07, 6.45) is 0.980. The van der Waals surface area contributed by atoms with E-state index in [1.807, 2.05) is 0 Å². The maximum absolute atomic E-state index is 2.35. The summed E-state index contributed by atoms with van der Waals surface area (Å²) in [5, 5.41) is 1.28. The van der Waals surface area contributed by atoms with E-state index in [1.165, 1.54) is 33.4 Å². The monoisotopic (exact) mass is 382 g/mol. The van der Waals surface area contributed by atoms with Crippen LogP contribution in [-0.2, 0) is 13.5 Å². The summed E-state index contributed by atoms with van der Waals surface area (Å²) >= 11 is 0. The molecule has 1 heterocycles. The first-order valence-corrected chi connectivity index (χ1v) is 10.3. The summed E-state index contributed by atoms with van der Waals surface area (Å²) in [6.45, 7) is 0. The predicted molar refractivity (Wildman–Crippen MR) is 123 cm³/mol. The van der Waals surface area contributed by atoms with Crippen LogP contribution < -0.4 is 9.05 Å². The van der Waals surface area contributed by atoms with Crippen molar-refractivity contribution in [3.63, 3.8) is 0 Å². The molecule has 0 saturated carbocycles. The van der Waals surface area contributed by atoms with Gasteiger partial charge < -0.3 is 0 Å². The van der Waals surface area contributed by atoms with Crippen LogP contribution in [0.2, 0.25) is 0 Å². The van der Waals surface area contributed by atoms with Crippen molar-refractivity contribution < 1.29 is 4.57 Å². The molecule has 4 rings (SSSR count). The van der Waals surface area contributed by atoms with Gasteiger partial charge >= 0.3 is 0 Å². The highest BCUT2D eigenvalue weighted by Gasteiger charge is 2.24. The molecule has 29 heavy (non-hydrogen) atoms. The van der Waals surface area contributed by atoms with Crippen LogP contribution >= 0.6 is 0 Å². The highest BCUT2D eigenvalue weighted by Crippen LogP contribution is 2.29. The van der Waals surface area contributed by atoms with Gasteiger partial charge in [0.05, 0.1) is 27.1 Å². The molecular formula is C27H30N2+2. The number of para-hydroxylation sites is 1. The highest BCUT2D eigenvalue weighted by atomic mass is 15.3. The quantitative estimate of drug-likeness (QED) is 0.328. The van der Waals surface area contributed by atoms with Crippen LogP contribution in [-0.4, -0.2) is 21.1 Å². The number of pyridine rings is 1. The third-order valence-electron chi connectivity index (χ3n) is 5.83. The molecule has 0 amide bonds. The molecule has 0 aliphatic carbocycles. The summed E-state index contributed by atoms with van der Waals surface area (Å²) < 4.78 is 3.19. The van der Waals surface area contributed by atoms with Gasteiger partial charge in [0.25, 0.3) is 0 Å². The highest BCUT2D eigenvalue weighted by molar-refractivity contribution is 5.75. The molecule has 0 bridgehead atoms. The van der Waals surface area contributed by atoms with Gasteiger partial charge in [-0.05, 0) is 41.8 Å². The van der Waals surface area contributed by atoms with Crippen LogP contribution in [0.3, 0.4) is 0 Å². The van der Waals surface area contributed by atoms with Crippen molar-refractivity contribution in [2.75, 3.05) is 21.1 Å². The lowest BCUT2D eigenvalue weighted by Crippen LogP contribution is -2.36. The van der Waals surface area contributed by atoms with Crippen LogP contribution in [0, 0.1) is 0 Å². The second kappa shape index (κ2) is 7.81. The normalized spacial score (nSPS) is 12.8. The van der Waals surface area contributed by atoms with Crippen molar-refractivity contribution in [3.05, 3.63) is 108 Å². The summed E-state index contributed by atoms with van der Waals surface area (Å²) in [5.74, 6) is 0.306. The third kappa shape index (κ3) is 4.08. The summed E-state index contributed by atoms with van der Waals surface area (Å²) in [6, 6.07) is 33.1. The summed E-state index contributed by atoms with van der Waals surface area (Å²) in [7, 11) is 8.80. The van der Waals surface area contributed by atoms with Gasteiger partial charge in [-0.3, -0.25) is 4.48 Å². The lowest BCUT2D eigenvalue weighted by Gasteiger charge is -2.23. The lowest BCUT2D eigenvalue weighted by molar-refractivity contribution is -0.653. The van der Waals surface area contributed by atoms with E-state index >= 15 is 0 Å². The van der Waals surface area contributed by atoms with Gasteiger partial charge in [0.15, 0.2) is 5.69 Å². The van der Waals surface area contributed by atoms with E-state index in [2.05, 4.69) is 124 Å². The molecule has 0 saturated heterocycles. The number of fused-ring (bicyclic) bond motifs is 1. The zero-order valence-corrected chi connectivity index (χ0v) is 17.8. The van der Waals surface area contributed by atoms with Crippen molar-refractivity contribution in [2.24, 2.45) is 7.05 Å². The molecule has 3 aromatic carbocycles. The van der Waals surface area contributed by atoms with Crippen LogP contribution in [0.1, 0.15) is 22.7 Å². The molecule has 0 fully saturated rings. The van der Waals surface area contributed by atoms with Gasteiger partial charge in [0.1, 0.15) is 12.7 Å². The Bertz CT molecular complexity index is 1110. The first kappa shape index (κ1) is 19.4. The minimum atomic E-state index is 0.306. The number of hydrogen-bond acceptors (Lipinski definition) is 0. The Balaban J connectivity index is 1.77. The van der Waals surface area contributed by atoms with Gasteiger partial charge in [-0.2, -0.15) is 4.57 Å². The molecule has 2 heteroatoms. The molecule has 0 aliphatic heterocycles. The fourth-order valence-corrected chi connectivity index (χ4v) is 4.10. The molecular weight excluding hydrogens is 352 g/mol. The lowest BCUT2D eigenvalue weighted by atomic mass is 9.88. The first-order chi connectivity index (χ1) is 13.9. The van der Waals surface area contributed by atoms with Gasteiger partial charge in [-0.15, -0.1) is 0 Å². The van der Waals surface area contributed by atoms with E-state index in [4.69, 9.17) is 0 Å². The fourth-order valence-electron chi connectivity index (χ4n) is 4.10. The predicted octanol–water partition coefficient (Wildman–Crippen LogP) is 5.24. The zero-order chi connectivity index (χ0) is 20.4. The van der Waals surface area contributed by atoms with E-state index in [-0.39, 0.29) is 0 Å². The third-order valence-corrected chi connectivity index (χ3v) is 5.83. The van der Waals surface area contributed by atoms with Crippen LogP contribution in [0.5, 0.6) is 0 Å². The second-order valence-corrected chi connectivity index (χ2v) is 8.72. The van der Waals surface area contributed by atoms with Crippen molar-refractivity contribution in [1.29, 1.82) is 0 Å². The number of rotatable bonds is 5. The van der Waals surface area contributed by atoms with Crippen molar-refractivity contribution >= 4 is 16.6 Å². The first-order valence-electron chi connectivity index (χ1n) is 10.3. The number of benzene rings is 3. The Morgan fingerprint density at radius 2 is 1.38 bits per heavy atom. The van der Waals surface area contributed by atoms with Crippen LogP contribution in [0.15, 0.2) is 91.0 Å². The Kier molecular flexibility index (Phi) is 5.21. The Hall–Kier alpha value is -2.97. The molecule has 2 nitrogen and oxygen atoms in total. The smallest absolute Gasteiger partial charge is 0.212 e. The molecule has 4 aromatic rings. The molecule has 1 atom stereocenters. The molecule has 0 spiro atoms. The van der Waals surface area contributed by atoms with Crippen molar-refractivity contribution in [2.45, 2.75) is 12.3 Å². The molecule has 0 unspecified atom stereocenters. The van der Waals surface area contributed by atoms with Gasteiger partial charge in [-0.25, -0.2) is 0 Å². The molecule has 0 aliphatic rings. The Morgan fingerprint density at radius 3 is 2.07 bits per heavy atom. The van der Waals surface area contributed by atoms with E-state index in [0.717, 1.165) is 10.9 Å². The van der Waals surface area contributed by atoms with Crippen molar-refractivity contribution in [3.8, 4) is 0 Å². The number of quaternary nitrogens is 1. The van der Waals surface area contributed by atoms with Crippen LogP contribution in [0.25, 0.3) is 10.9 Å². The van der Waals surface area contributed by atoms with E-state index < -0.39 is 0 Å². The van der Waals surface area contributed by atoms with Gasteiger partial charge in [0.2, 0.25) is 5.52 Å². The maximum atomic E-state index is 2.35. The number of aryl methyl sites for hydroxylation is 1.